The maximum atomic E-state index is 6.19. The van der Waals surface area contributed by atoms with Crippen molar-refractivity contribution in [2.24, 2.45) is 11.1 Å². The van der Waals surface area contributed by atoms with Gasteiger partial charge in [-0.3, -0.25) is 4.90 Å². The molecular formula is C16H28N2S. The first-order chi connectivity index (χ1) is 8.97. The van der Waals surface area contributed by atoms with Crippen LogP contribution < -0.4 is 5.73 Å². The predicted molar refractivity (Wildman–Crippen MR) is 84.4 cm³/mol. The number of nitrogens with two attached hydrogens (primary N) is 1. The summed E-state index contributed by atoms with van der Waals surface area (Å²) in [6.45, 7) is 6.61. The van der Waals surface area contributed by atoms with E-state index in [1.807, 2.05) is 0 Å². The van der Waals surface area contributed by atoms with E-state index >= 15 is 0 Å². The topological polar surface area (TPSA) is 29.3 Å². The first-order valence-electron chi connectivity index (χ1n) is 7.40. The molecule has 1 aliphatic carbocycles. The van der Waals surface area contributed by atoms with Gasteiger partial charge in [0.2, 0.25) is 0 Å². The summed E-state index contributed by atoms with van der Waals surface area (Å²) < 4.78 is 0. The Labute approximate surface area is 122 Å². The van der Waals surface area contributed by atoms with Crippen LogP contribution in [-0.4, -0.2) is 24.0 Å². The first kappa shape index (κ1) is 15.0. The van der Waals surface area contributed by atoms with Crippen molar-refractivity contribution >= 4 is 11.3 Å². The van der Waals surface area contributed by atoms with Gasteiger partial charge in [0.1, 0.15) is 0 Å². The summed E-state index contributed by atoms with van der Waals surface area (Å²) in [5.41, 5.74) is 8.30. The molecule has 0 amide bonds. The number of hydrogen-bond donors (Lipinski definition) is 1. The molecule has 1 aromatic heterocycles. The van der Waals surface area contributed by atoms with Crippen molar-refractivity contribution in [1.29, 1.82) is 0 Å². The lowest BCUT2D eigenvalue weighted by Crippen LogP contribution is -2.51. The second-order valence-electron chi connectivity index (χ2n) is 6.93. The zero-order valence-corrected chi connectivity index (χ0v) is 13.4. The summed E-state index contributed by atoms with van der Waals surface area (Å²) in [6, 6.07) is 2.23. The molecule has 3 heteroatoms. The van der Waals surface area contributed by atoms with Crippen LogP contribution in [0.4, 0.5) is 0 Å². The van der Waals surface area contributed by atoms with Gasteiger partial charge in [-0.05, 0) is 60.5 Å². The molecule has 0 saturated heterocycles. The fourth-order valence-electron chi connectivity index (χ4n) is 3.28. The van der Waals surface area contributed by atoms with E-state index in [1.165, 1.54) is 37.7 Å². The normalized spacial score (nSPS) is 27.4. The molecule has 0 radical (unpaired) electrons. The van der Waals surface area contributed by atoms with Gasteiger partial charge in [0, 0.05) is 18.6 Å². The summed E-state index contributed by atoms with van der Waals surface area (Å²) in [5.74, 6) is 0. The number of hydrogen-bond acceptors (Lipinski definition) is 3. The van der Waals surface area contributed by atoms with Crippen molar-refractivity contribution in [3.63, 3.8) is 0 Å². The van der Waals surface area contributed by atoms with Crippen LogP contribution >= 0.6 is 11.3 Å². The minimum absolute atomic E-state index is 0.204. The van der Waals surface area contributed by atoms with Crippen LogP contribution in [0.15, 0.2) is 16.8 Å². The number of likely N-dealkylation sites (N-methyl/N-ethyl adjacent to an activating group) is 1. The lowest BCUT2D eigenvalue weighted by atomic mass is 9.83. The fourth-order valence-corrected chi connectivity index (χ4v) is 3.94. The van der Waals surface area contributed by atoms with E-state index in [-0.39, 0.29) is 5.54 Å². The van der Waals surface area contributed by atoms with Crippen LogP contribution in [0.2, 0.25) is 0 Å². The van der Waals surface area contributed by atoms with E-state index in [0.29, 0.717) is 5.41 Å². The number of rotatable bonds is 4. The fraction of sp³-hybridized carbons (Fsp3) is 0.750. The molecular weight excluding hydrogens is 252 g/mol. The molecule has 0 aliphatic heterocycles. The smallest absolute Gasteiger partial charge is 0.0332 e. The molecule has 0 bridgehead atoms. The average Bonchev–Trinajstić information content (AvgIpc) is 2.80. The van der Waals surface area contributed by atoms with Crippen LogP contribution in [0.25, 0.3) is 0 Å². The molecule has 2 nitrogen and oxygen atoms in total. The van der Waals surface area contributed by atoms with Crippen molar-refractivity contribution in [2.75, 3.05) is 13.6 Å². The van der Waals surface area contributed by atoms with Gasteiger partial charge >= 0.3 is 0 Å². The minimum Gasteiger partial charge on any atom is -0.329 e. The van der Waals surface area contributed by atoms with Gasteiger partial charge in [0.05, 0.1) is 0 Å². The average molecular weight is 280 g/mol. The molecule has 2 rings (SSSR count). The van der Waals surface area contributed by atoms with E-state index in [1.54, 1.807) is 11.3 Å². The zero-order chi connectivity index (χ0) is 13.9. The first-order valence-corrected chi connectivity index (χ1v) is 8.34. The van der Waals surface area contributed by atoms with Crippen LogP contribution in [0.5, 0.6) is 0 Å². The van der Waals surface area contributed by atoms with Crippen LogP contribution in [0.3, 0.4) is 0 Å². The third kappa shape index (κ3) is 3.59. The minimum atomic E-state index is 0.204. The van der Waals surface area contributed by atoms with E-state index in [2.05, 4.69) is 42.6 Å². The maximum absolute atomic E-state index is 6.19. The molecule has 1 aromatic rings. The molecule has 108 valence electrons. The van der Waals surface area contributed by atoms with Crippen LogP contribution in [0, 0.1) is 5.41 Å². The van der Waals surface area contributed by atoms with Crippen molar-refractivity contribution in [1.82, 2.24) is 4.90 Å². The van der Waals surface area contributed by atoms with Crippen molar-refractivity contribution in [2.45, 2.75) is 58.0 Å². The Hall–Kier alpha value is -0.380. The Morgan fingerprint density at radius 1 is 1.26 bits per heavy atom. The molecule has 1 unspecified atom stereocenters. The van der Waals surface area contributed by atoms with Gasteiger partial charge in [0.25, 0.3) is 0 Å². The number of nitrogens with zero attached hydrogens (tertiary/aromatic N) is 1. The Balaban J connectivity index is 2.08. The SMILES string of the molecule is CN(Cc1ccsc1)C1(CN)CCCC(C)(C)CC1. The lowest BCUT2D eigenvalue weighted by Gasteiger charge is -2.41. The molecule has 1 heterocycles. The predicted octanol–water partition coefficient (Wildman–Crippen LogP) is 3.87. The van der Waals surface area contributed by atoms with Crippen molar-refractivity contribution < 1.29 is 0 Å². The third-order valence-corrected chi connectivity index (χ3v) is 5.68. The molecule has 19 heavy (non-hydrogen) atoms. The summed E-state index contributed by atoms with van der Waals surface area (Å²) in [6.07, 6.45) is 6.40. The molecule has 1 fully saturated rings. The van der Waals surface area contributed by atoms with E-state index < -0.39 is 0 Å². The standard InChI is InChI=1S/C16H28N2S/c1-15(2)6-4-7-16(13-17,9-8-15)18(3)11-14-5-10-19-12-14/h5,10,12H,4,6-9,11,13,17H2,1-3H3. The molecule has 0 spiro atoms. The summed E-state index contributed by atoms with van der Waals surface area (Å²) in [7, 11) is 2.25. The van der Waals surface area contributed by atoms with Crippen LogP contribution in [0.1, 0.15) is 51.5 Å². The highest BCUT2D eigenvalue weighted by Crippen LogP contribution is 2.40. The van der Waals surface area contributed by atoms with E-state index in [9.17, 15) is 0 Å². The largest absolute Gasteiger partial charge is 0.329 e. The number of thiophene rings is 1. The van der Waals surface area contributed by atoms with Gasteiger partial charge in [-0.2, -0.15) is 11.3 Å². The Morgan fingerprint density at radius 3 is 2.68 bits per heavy atom. The second kappa shape index (κ2) is 5.94. The molecule has 1 saturated carbocycles. The Bertz CT molecular complexity index is 385. The highest BCUT2D eigenvalue weighted by Gasteiger charge is 2.37. The van der Waals surface area contributed by atoms with Gasteiger partial charge in [-0.25, -0.2) is 0 Å². The van der Waals surface area contributed by atoms with Gasteiger partial charge in [0.15, 0.2) is 0 Å². The highest BCUT2D eigenvalue weighted by atomic mass is 32.1. The highest BCUT2D eigenvalue weighted by molar-refractivity contribution is 7.07. The monoisotopic (exact) mass is 280 g/mol. The van der Waals surface area contributed by atoms with Crippen LogP contribution in [-0.2, 0) is 6.54 Å². The van der Waals surface area contributed by atoms with Gasteiger partial charge in [-0.15, -0.1) is 0 Å². The Morgan fingerprint density at radius 2 is 2.05 bits per heavy atom. The zero-order valence-electron chi connectivity index (χ0n) is 12.6. The summed E-state index contributed by atoms with van der Waals surface area (Å²) >= 11 is 1.78. The van der Waals surface area contributed by atoms with Crippen molar-refractivity contribution in [3.8, 4) is 0 Å². The van der Waals surface area contributed by atoms with Gasteiger partial charge < -0.3 is 5.73 Å². The molecule has 1 aliphatic rings. The lowest BCUT2D eigenvalue weighted by molar-refractivity contribution is 0.0963. The third-order valence-electron chi connectivity index (χ3n) is 4.95. The summed E-state index contributed by atoms with van der Waals surface area (Å²) in [4.78, 5) is 2.51. The summed E-state index contributed by atoms with van der Waals surface area (Å²) in [5, 5.41) is 4.41. The maximum Gasteiger partial charge on any atom is 0.0332 e. The quantitative estimate of drug-likeness (QED) is 0.848. The van der Waals surface area contributed by atoms with E-state index in [0.717, 1.165) is 13.1 Å². The van der Waals surface area contributed by atoms with Crippen molar-refractivity contribution in [3.05, 3.63) is 22.4 Å². The molecule has 2 N–H and O–H groups in total. The molecule has 0 aromatic carbocycles. The van der Waals surface area contributed by atoms with Gasteiger partial charge in [-0.1, -0.05) is 20.3 Å². The Kier molecular flexibility index (Phi) is 4.70. The molecule has 1 atom stereocenters. The van der Waals surface area contributed by atoms with E-state index in [4.69, 9.17) is 5.73 Å². The second-order valence-corrected chi connectivity index (χ2v) is 7.71.